The molecule has 0 amide bonds. The van der Waals surface area contributed by atoms with Crippen molar-refractivity contribution < 1.29 is 38.5 Å². The number of esters is 3. The smallest absolute Gasteiger partial charge is 0.350 e. The minimum absolute atomic E-state index is 0.151. The summed E-state index contributed by atoms with van der Waals surface area (Å²) in [6.07, 6.45) is 0.292. The van der Waals surface area contributed by atoms with Gasteiger partial charge in [0.1, 0.15) is 6.61 Å². The van der Waals surface area contributed by atoms with E-state index in [9.17, 15) is 24.3 Å². The van der Waals surface area contributed by atoms with Gasteiger partial charge < -0.3 is 24.2 Å². The third kappa shape index (κ3) is 7.87. The molecule has 1 aromatic rings. The maximum absolute atomic E-state index is 13.0. The topological polar surface area (TPSA) is 119 Å². The van der Waals surface area contributed by atoms with Crippen molar-refractivity contribution in [2.75, 3.05) is 26.7 Å². The first kappa shape index (κ1) is 30.5. The van der Waals surface area contributed by atoms with Crippen LogP contribution in [0.2, 0.25) is 0 Å². The lowest BCUT2D eigenvalue weighted by Crippen LogP contribution is -2.56. The molecule has 0 aromatic heterocycles. The maximum atomic E-state index is 13.0. The molecule has 204 valence electrons. The van der Waals surface area contributed by atoms with Gasteiger partial charge in [-0.2, -0.15) is 0 Å². The van der Waals surface area contributed by atoms with Crippen LogP contribution in [0.3, 0.4) is 0 Å². The number of fused-ring (bicyclic) bond motifs is 2. The Labute approximate surface area is 222 Å². The van der Waals surface area contributed by atoms with E-state index in [0.29, 0.717) is 13.1 Å². The minimum Gasteiger partial charge on any atom is -0.458 e. The van der Waals surface area contributed by atoms with Gasteiger partial charge in [-0.25, -0.2) is 9.59 Å². The van der Waals surface area contributed by atoms with E-state index in [-0.39, 0.29) is 25.0 Å². The standard InChI is InChI=1S/C21H30ClNO8.C6H6/c1-12-10-21(28,13(2)22)19(27)30-16-7-9-23(5)8-6-15(17(16)25)11-29-18(26)20(12,4)31-14(3)24;1-2-4-6-5-3-1/h6,12-13,16,28H,7-11H2,1-5H3;1-6H/b15-6-;/t12-,13-,16-,20-,21+;/m1./s1. The van der Waals surface area contributed by atoms with Crippen molar-refractivity contribution in [2.45, 2.75) is 63.2 Å². The largest absolute Gasteiger partial charge is 0.458 e. The van der Waals surface area contributed by atoms with Crippen molar-refractivity contribution >= 4 is 35.3 Å². The Bertz CT molecular complexity index is 971. The van der Waals surface area contributed by atoms with Gasteiger partial charge in [-0.1, -0.05) is 49.4 Å². The zero-order valence-electron chi connectivity index (χ0n) is 21.9. The fourth-order valence-corrected chi connectivity index (χ4v) is 4.17. The Morgan fingerprint density at radius 3 is 2.24 bits per heavy atom. The summed E-state index contributed by atoms with van der Waals surface area (Å²) in [5, 5.41) is 10.0. The van der Waals surface area contributed by atoms with E-state index in [4.69, 9.17) is 25.8 Å². The number of carbonyl (C=O) groups is 4. The summed E-state index contributed by atoms with van der Waals surface area (Å²) in [6.45, 7) is 5.95. The number of aliphatic hydroxyl groups is 1. The first-order chi connectivity index (χ1) is 17.3. The third-order valence-corrected chi connectivity index (χ3v) is 7.00. The number of rotatable bonds is 2. The molecular formula is C27H36ClNO8. The van der Waals surface area contributed by atoms with E-state index in [1.54, 1.807) is 6.08 Å². The lowest BCUT2D eigenvalue weighted by Gasteiger charge is -2.39. The minimum atomic E-state index is -2.24. The molecule has 2 heterocycles. The number of ether oxygens (including phenoxy) is 3. The maximum Gasteiger partial charge on any atom is 0.350 e. The Balaban J connectivity index is 0.000000700. The van der Waals surface area contributed by atoms with Gasteiger partial charge in [-0.05, 0) is 27.3 Å². The van der Waals surface area contributed by atoms with E-state index in [1.165, 1.54) is 20.8 Å². The number of halogens is 1. The first-order valence-corrected chi connectivity index (χ1v) is 12.6. The Morgan fingerprint density at radius 1 is 1.16 bits per heavy atom. The van der Waals surface area contributed by atoms with Crippen molar-refractivity contribution in [1.29, 1.82) is 0 Å². The normalized spacial score (nSPS) is 31.8. The predicted octanol–water partition coefficient (Wildman–Crippen LogP) is 2.68. The molecular weight excluding hydrogens is 502 g/mol. The number of ketones is 1. The van der Waals surface area contributed by atoms with E-state index < -0.39 is 52.3 Å². The molecule has 37 heavy (non-hydrogen) atoms. The molecule has 10 heteroatoms. The van der Waals surface area contributed by atoms with Gasteiger partial charge in [0.05, 0.1) is 5.38 Å². The number of hydrogen-bond acceptors (Lipinski definition) is 9. The van der Waals surface area contributed by atoms with Crippen LogP contribution in [0, 0.1) is 5.92 Å². The number of hydrogen-bond donors (Lipinski definition) is 1. The number of likely N-dealkylation sites (N-methyl/N-ethyl adjacent to an activating group) is 1. The van der Waals surface area contributed by atoms with Crippen LogP contribution in [0.4, 0.5) is 0 Å². The van der Waals surface area contributed by atoms with Gasteiger partial charge in [0.15, 0.2) is 11.7 Å². The molecule has 0 unspecified atom stereocenters. The molecule has 2 bridgehead atoms. The van der Waals surface area contributed by atoms with Crippen LogP contribution in [0.25, 0.3) is 0 Å². The van der Waals surface area contributed by atoms with Crippen LogP contribution >= 0.6 is 11.6 Å². The second-order valence-corrected chi connectivity index (χ2v) is 10.3. The molecule has 1 saturated heterocycles. The summed E-state index contributed by atoms with van der Waals surface area (Å²) in [4.78, 5) is 52.6. The van der Waals surface area contributed by atoms with Crippen molar-refractivity contribution in [1.82, 2.24) is 4.90 Å². The van der Waals surface area contributed by atoms with Crippen LogP contribution in [0.15, 0.2) is 48.0 Å². The summed E-state index contributed by atoms with van der Waals surface area (Å²) in [7, 11) is 1.83. The summed E-state index contributed by atoms with van der Waals surface area (Å²) in [5.74, 6) is -4.09. The lowest BCUT2D eigenvalue weighted by atomic mass is 9.79. The fourth-order valence-electron chi connectivity index (χ4n) is 3.99. The average molecular weight is 538 g/mol. The quantitative estimate of drug-likeness (QED) is 0.345. The molecule has 1 N–H and O–H groups in total. The number of benzene rings is 1. The fraction of sp³-hybridized carbons (Fsp3) is 0.556. The number of cyclic esters (lactones) is 1. The van der Waals surface area contributed by atoms with Gasteiger partial charge in [0.2, 0.25) is 11.4 Å². The van der Waals surface area contributed by atoms with Crippen LogP contribution in [0.1, 0.15) is 40.5 Å². The van der Waals surface area contributed by atoms with Crippen LogP contribution in [0.5, 0.6) is 0 Å². The van der Waals surface area contributed by atoms with Crippen LogP contribution in [-0.4, -0.2) is 83.1 Å². The lowest BCUT2D eigenvalue weighted by molar-refractivity contribution is -0.192. The summed E-state index contributed by atoms with van der Waals surface area (Å²) < 4.78 is 16.1. The van der Waals surface area contributed by atoms with E-state index in [2.05, 4.69) is 0 Å². The average Bonchev–Trinajstić information content (AvgIpc) is 2.85. The van der Waals surface area contributed by atoms with E-state index in [0.717, 1.165) is 6.92 Å². The monoisotopic (exact) mass is 537 g/mol. The molecule has 2 aliphatic heterocycles. The van der Waals surface area contributed by atoms with Gasteiger partial charge in [0, 0.05) is 37.9 Å². The Morgan fingerprint density at radius 2 is 1.73 bits per heavy atom. The van der Waals surface area contributed by atoms with Crippen molar-refractivity contribution in [3.05, 3.63) is 48.0 Å². The number of alkyl halides is 1. The summed E-state index contributed by atoms with van der Waals surface area (Å²) >= 11 is 6.16. The first-order valence-electron chi connectivity index (χ1n) is 12.2. The second kappa shape index (κ2) is 13.2. The molecule has 1 fully saturated rings. The third-order valence-electron chi connectivity index (χ3n) is 6.64. The molecule has 0 spiro atoms. The van der Waals surface area contributed by atoms with Crippen molar-refractivity contribution in [3.8, 4) is 0 Å². The SMILES string of the molecule is CC(=O)O[C@@]1(C)C(=O)OC/C2=C/CN(C)CC[C@@H](OC(=O)[C@@](O)([C@@H](C)Cl)C[C@H]1C)C2=O.c1ccccc1. The predicted molar refractivity (Wildman–Crippen MR) is 137 cm³/mol. The molecule has 1 aromatic carbocycles. The van der Waals surface area contributed by atoms with Crippen LogP contribution < -0.4 is 0 Å². The molecule has 5 atom stereocenters. The number of nitrogens with zero attached hydrogens (tertiary/aromatic N) is 1. The number of carbonyl (C=O) groups excluding carboxylic acids is 4. The molecule has 0 saturated carbocycles. The molecule has 0 aliphatic carbocycles. The Kier molecular flexibility index (Phi) is 10.8. The van der Waals surface area contributed by atoms with E-state index >= 15 is 0 Å². The molecule has 9 nitrogen and oxygen atoms in total. The van der Waals surface area contributed by atoms with Gasteiger partial charge in [-0.15, -0.1) is 11.6 Å². The molecule has 3 rings (SSSR count). The molecule has 2 aliphatic rings. The zero-order chi connectivity index (χ0) is 27.8. The van der Waals surface area contributed by atoms with Gasteiger partial charge in [0.25, 0.3) is 0 Å². The second-order valence-electron chi connectivity index (χ2n) is 9.62. The molecule has 0 radical (unpaired) electrons. The zero-order valence-corrected chi connectivity index (χ0v) is 22.7. The van der Waals surface area contributed by atoms with Gasteiger partial charge >= 0.3 is 17.9 Å². The van der Waals surface area contributed by atoms with Crippen molar-refractivity contribution in [2.24, 2.45) is 5.92 Å². The van der Waals surface area contributed by atoms with Gasteiger partial charge in [-0.3, -0.25) is 9.59 Å². The highest BCUT2D eigenvalue weighted by Crippen LogP contribution is 2.35. The van der Waals surface area contributed by atoms with Crippen LogP contribution in [-0.2, 0) is 33.4 Å². The number of Topliss-reactive ketones (excluding diaryl/α,β-unsaturated/α-hetero) is 1. The van der Waals surface area contributed by atoms with E-state index in [1.807, 2.05) is 48.3 Å². The highest BCUT2D eigenvalue weighted by molar-refractivity contribution is 6.23. The highest BCUT2D eigenvalue weighted by atomic mass is 35.5. The Hall–Kier alpha value is -2.75. The highest BCUT2D eigenvalue weighted by Gasteiger charge is 2.52. The summed E-state index contributed by atoms with van der Waals surface area (Å²) in [6, 6.07) is 12.0. The summed E-state index contributed by atoms with van der Waals surface area (Å²) in [5.41, 5.74) is -3.91. The van der Waals surface area contributed by atoms with Crippen molar-refractivity contribution in [3.63, 3.8) is 0 Å².